The zero-order valence-corrected chi connectivity index (χ0v) is 21.1. The second-order valence-corrected chi connectivity index (χ2v) is 10.8. The second kappa shape index (κ2) is 9.60. The number of nitrogens with zero attached hydrogens (tertiary/aromatic N) is 3. The Morgan fingerprint density at radius 2 is 1.80 bits per heavy atom. The van der Waals surface area contributed by atoms with E-state index >= 15 is 0 Å². The van der Waals surface area contributed by atoms with Crippen LogP contribution in [0.3, 0.4) is 0 Å². The predicted molar refractivity (Wildman–Crippen MR) is 133 cm³/mol. The lowest BCUT2D eigenvalue weighted by Crippen LogP contribution is -2.60. The van der Waals surface area contributed by atoms with E-state index in [1.165, 1.54) is 0 Å². The standard InChI is InChI=1S/C26H37N5O4/c1-16(2)14-19(28-23(33)17-6-8-18(9-7-17)29(3)4)24(34)30-13-10-20-22(30)21(32)15-31(20)25(35)26(27)11-5-12-26/h6-9,16,19-20,22H,5,10-15,27H2,1-4H3,(H,28,33)/t19-,20?,22-/m0/s1. The van der Waals surface area contributed by atoms with E-state index in [2.05, 4.69) is 5.32 Å². The molecule has 1 unspecified atom stereocenters. The van der Waals surface area contributed by atoms with Gasteiger partial charge in [0.05, 0.1) is 18.1 Å². The number of amides is 3. The van der Waals surface area contributed by atoms with Gasteiger partial charge in [-0.1, -0.05) is 13.8 Å². The minimum atomic E-state index is -0.872. The quantitative estimate of drug-likeness (QED) is 0.601. The summed E-state index contributed by atoms with van der Waals surface area (Å²) in [4.78, 5) is 57.8. The summed E-state index contributed by atoms with van der Waals surface area (Å²) < 4.78 is 0. The molecule has 3 atom stereocenters. The molecule has 1 aromatic rings. The van der Waals surface area contributed by atoms with E-state index in [0.717, 1.165) is 12.1 Å². The normalized spacial score (nSPS) is 23.7. The lowest BCUT2D eigenvalue weighted by atomic mass is 9.76. The molecule has 2 heterocycles. The van der Waals surface area contributed by atoms with Crippen LogP contribution in [0.15, 0.2) is 24.3 Å². The fourth-order valence-electron chi connectivity index (χ4n) is 5.44. The van der Waals surface area contributed by atoms with Gasteiger partial charge in [-0.15, -0.1) is 0 Å². The van der Waals surface area contributed by atoms with E-state index < -0.39 is 17.6 Å². The van der Waals surface area contributed by atoms with Crippen LogP contribution in [0, 0.1) is 5.92 Å². The largest absolute Gasteiger partial charge is 0.378 e. The smallest absolute Gasteiger partial charge is 0.251 e. The maximum Gasteiger partial charge on any atom is 0.251 e. The number of ketones is 1. The average Bonchev–Trinajstić information content (AvgIpc) is 3.37. The number of carbonyl (C=O) groups is 4. The van der Waals surface area contributed by atoms with E-state index in [4.69, 9.17) is 5.73 Å². The van der Waals surface area contributed by atoms with E-state index in [0.29, 0.717) is 37.8 Å². The van der Waals surface area contributed by atoms with Crippen molar-refractivity contribution in [1.29, 1.82) is 0 Å². The molecule has 0 radical (unpaired) electrons. The van der Waals surface area contributed by atoms with Gasteiger partial charge in [0.1, 0.15) is 12.1 Å². The molecule has 1 aliphatic carbocycles. The number of fused-ring (bicyclic) bond motifs is 1. The number of likely N-dealkylation sites (tertiary alicyclic amines) is 2. The summed E-state index contributed by atoms with van der Waals surface area (Å²) in [6.45, 7) is 4.36. The molecular weight excluding hydrogens is 446 g/mol. The number of nitrogens with two attached hydrogens (primary N) is 1. The molecule has 2 aliphatic heterocycles. The Morgan fingerprint density at radius 3 is 2.34 bits per heavy atom. The summed E-state index contributed by atoms with van der Waals surface area (Å²) >= 11 is 0. The van der Waals surface area contributed by atoms with Gasteiger partial charge in [-0.25, -0.2) is 0 Å². The third kappa shape index (κ3) is 4.78. The van der Waals surface area contributed by atoms with Crippen LogP contribution in [0.2, 0.25) is 0 Å². The zero-order chi connectivity index (χ0) is 25.5. The summed E-state index contributed by atoms with van der Waals surface area (Å²) in [7, 11) is 3.85. The SMILES string of the molecule is CC(C)C[C@H](NC(=O)c1ccc(N(C)C)cc1)C(=O)N1CCC2[C@H]1C(=O)CN2C(=O)C1(N)CCC1. The monoisotopic (exact) mass is 483 g/mol. The third-order valence-corrected chi connectivity index (χ3v) is 7.59. The van der Waals surface area contributed by atoms with Crippen molar-refractivity contribution in [3.05, 3.63) is 29.8 Å². The predicted octanol–water partition coefficient (Wildman–Crippen LogP) is 1.16. The Morgan fingerprint density at radius 1 is 1.14 bits per heavy atom. The van der Waals surface area contributed by atoms with E-state index in [1.54, 1.807) is 21.9 Å². The molecule has 9 heteroatoms. The first-order valence-electron chi connectivity index (χ1n) is 12.5. The topological polar surface area (TPSA) is 116 Å². The molecule has 3 N–H and O–H groups in total. The minimum absolute atomic E-state index is 0.00364. The molecule has 35 heavy (non-hydrogen) atoms. The van der Waals surface area contributed by atoms with Crippen molar-refractivity contribution in [2.45, 2.75) is 69.6 Å². The van der Waals surface area contributed by atoms with Crippen molar-refractivity contribution in [3.63, 3.8) is 0 Å². The highest BCUT2D eigenvalue weighted by atomic mass is 16.2. The molecule has 9 nitrogen and oxygen atoms in total. The van der Waals surface area contributed by atoms with E-state index in [9.17, 15) is 19.2 Å². The van der Waals surface area contributed by atoms with Gasteiger partial charge in [-0.05, 0) is 62.3 Å². The Hall–Kier alpha value is -2.94. The first-order chi connectivity index (χ1) is 16.5. The number of benzene rings is 1. The van der Waals surface area contributed by atoms with Crippen molar-refractivity contribution in [2.75, 3.05) is 32.1 Å². The molecule has 0 spiro atoms. The molecule has 3 aliphatic rings. The highest BCUT2D eigenvalue weighted by Gasteiger charge is 2.55. The van der Waals surface area contributed by atoms with Crippen molar-refractivity contribution in [3.8, 4) is 0 Å². The van der Waals surface area contributed by atoms with Crippen LogP contribution in [0.5, 0.6) is 0 Å². The highest BCUT2D eigenvalue weighted by molar-refractivity contribution is 6.02. The van der Waals surface area contributed by atoms with Crippen LogP contribution in [-0.4, -0.2) is 84.2 Å². The molecule has 3 fully saturated rings. The third-order valence-electron chi connectivity index (χ3n) is 7.59. The molecule has 1 aromatic carbocycles. The Balaban J connectivity index is 1.48. The summed E-state index contributed by atoms with van der Waals surface area (Å²) in [5, 5.41) is 2.91. The van der Waals surface area contributed by atoms with Crippen LogP contribution >= 0.6 is 0 Å². The number of hydrogen-bond acceptors (Lipinski definition) is 6. The number of anilines is 1. The van der Waals surface area contributed by atoms with Gasteiger partial charge in [0.25, 0.3) is 5.91 Å². The lowest BCUT2D eigenvalue weighted by molar-refractivity contribution is -0.141. The summed E-state index contributed by atoms with van der Waals surface area (Å²) in [5.74, 6) is -0.738. The lowest BCUT2D eigenvalue weighted by Gasteiger charge is -2.40. The van der Waals surface area contributed by atoms with Gasteiger partial charge < -0.3 is 25.8 Å². The van der Waals surface area contributed by atoms with Gasteiger partial charge in [0, 0.05) is 31.9 Å². The average molecular weight is 484 g/mol. The van der Waals surface area contributed by atoms with Crippen LogP contribution < -0.4 is 16.0 Å². The number of nitrogens with one attached hydrogen (secondary N) is 1. The van der Waals surface area contributed by atoms with Gasteiger partial charge in [-0.2, -0.15) is 0 Å². The molecular formula is C26H37N5O4. The van der Waals surface area contributed by atoms with Crippen molar-refractivity contribution in [2.24, 2.45) is 11.7 Å². The fourth-order valence-corrected chi connectivity index (χ4v) is 5.44. The summed E-state index contributed by atoms with van der Waals surface area (Å²) in [6, 6.07) is 5.43. The highest BCUT2D eigenvalue weighted by Crippen LogP contribution is 2.36. The fraction of sp³-hybridized carbons (Fsp3) is 0.615. The van der Waals surface area contributed by atoms with Gasteiger partial charge in [0.2, 0.25) is 11.8 Å². The number of rotatable bonds is 7. The zero-order valence-electron chi connectivity index (χ0n) is 21.1. The molecule has 1 saturated carbocycles. The molecule has 0 bridgehead atoms. The van der Waals surface area contributed by atoms with Crippen molar-refractivity contribution in [1.82, 2.24) is 15.1 Å². The minimum Gasteiger partial charge on any atom is -0.378 e. The first kappa shape index (κ1) is 25.2. The van der Waals surface area contributed by atoms with Gasteiger partial charge in [-0.3, -0.25) is 19.2 Å². The van der Waals surface area contributed by atoms with Crippen molar-refractivity contribution >= 4 is 29.2 Å². The Labute approximate surface area is 207 Å². The van der Waals surface area contributed by atoms with Crippen LogP contribution in [0.1, 0.15) is 56.3 Å². The number of hydrogen-bond donors (Lipinski definition) is 2. The number of Topliss-reactive ketones (excluding diaryl/α,β-unsaturated/α-hetero) is 1. The molecule has 2 saturated heterocycles. The first-order valence-corrected chi connectivity index (χ1v) is 12.5. The van der Waals surface area contributed by atoms with Gasteiger partial charge >= 0.3 is 0 Å². The summed E-state index contributed by atoms with van der Waals surface area (Å²) in [6.07, 6.45) is 3.18. The Bertz CT molecular complexity index is 1000. The van der Waals surface area contributed by atoms with Crippen LogP contribution in [0.25, 0.3) is 0 Å². The molecule has 190 valence electrons. The maximum absolute atomic E-state index is 13.6. The molecule has 3 amide bonds. The van der Waals surface area contributed by atoms with E-state index in [-0.39, 0.29) is 42.0 Å². The van der Waals surface area contributed by atoms with Crippen LogP contribution in [0.4, 0.5) is 5.69 Å². The molecule has 0 aromatic heterocycles. The Kier molecular flexibility index (Phi) is 6.90. The van der Waals surface area contributed by atoms with Crippen LogP contribution in [-0.2, 0) is 14.4 Å². The molecule has 4 rings (SSSR count). The summed E-state index contributed by atoms with van der Waals surface area (Å²) in [5.41, 5.74) is 6.83. The van der Waals surface area contributed by atoms with Gasteiger partial charge in [0.15, 0.2) is 5.78 Å². The van der Waals surface area contributed by atoms with Crippen molar-refractivity contribution < 1.29 is 19.2 Å². The van der Waals surface area contributed by atoms with E-state index in [1.807, 2.05) is 45.0 Å². The maximum atomic E-state index is 13.6. The second-order valence-electron chi connectivity index (χ2n) is 10.8. The number of carbonyl (C=O) groups excluding carboxylic acids is 4.